The molecule has 0 amide bonds. The molecule has 2 aliphatic heterocycles. The molecule has 25 heavy (non-hydrogen) atoms. The minimum absolute atomic E-state index is 0.431. The number of ether oxygens (including phenoxy) is 1. The van der Waals surface area contributed by atoms with Crippen molar-refractivity contribution in [3.63, 3.8) is 0 Å². The molecule has 0 spiro atoms. The Bertz CT molecular complexity index is 746. The predicted octanol–water partition coefficient (Wildman–Crippen LogP) is 1.75. The van der Waals surface area contributed by atoms with E-state index in [0.717, 1.165) is 69.0 Å². The summed E-state index contributed by atoms with van der Waals surface area (Å²) in [6, 6.07) is 4.70. The fourth-order valence-corrected chi connectivity index (χ4v) is 3.53. The Balaban J connectivity index is 1.51. The van der Waals surface area contributed by atoms with E-state index in [1.54, 1.807) is 0 Å². The third-order valence-corrected chi connectivity index (χ3v) is 4.99. The zero-order chi connectivity index (χ0) is 17.4. The van der Waals surface area contributed by atoms with Gasteiger partial charge in [-0.1, -0.05) is 6.92 Å². The zero-order valence-corrected chi connectivity index (χ0v) is 15.3. The number of morpholine rings is 1. The molecule has 0 aliphatic carbocycles. The summed E-state index contributed by atoms with van der Waals surface area (Å²) in [4.78, 5) is 14.1. The second-order valence-electron chi connectivity index (χ2n) is 6.90. The lowest BCUT2D eigenvalue weighted by molar-refractivity contribution is 0.122. The number of anilines is 2. The van der Waals surface area contributed by atoms with Gasteiger partial charge in [-0.05, 0) is 26.3 Å². The molecule has 2 fully saturated rings. The van der Waals surface area contributed by atoms with Gasteiger partial charge in [0.1, 0.15) is 5.82 Å². The topological polar surface area (TPSA) is 59.3 Å². The highest BCUT2D eigenvalue weighted by Gasteiger charge is 2.31. The van der Waals surface area contributed by atoms with Gasteiger partial charge in [-0.2, -0.15) is 10.1 Å². The van der Waals surface area contributed by atoms with Crippen LogP contribution in [0.3, 0.4) is 0 Å². The quantitative estimate of drug-likeness (QED) is 0.844. The molecule has 0 saturated carbocycles. The normalized spacial score (nSPS) is 18.5. The Morgan fingerprint density at radius 2 is 1.84 bits per heavy atom. The van der Waals surface area contributed by atoms with Crippen molar-refractivity contribution in [3.05, 3.63) is 29.2 Å². The first-order valence-corrected chi connectivity index (χ1v) is 9.12. The fourth-order valence-electron chi connectivity index (χ4n) is 3.53. The minimum Gasteiger partial charge on any atom is -0.378 e. The van der Waals surface area contributed by atoms with Crippen LogP contribution in [0.4, 0.5) is 11.8 Å². The van der Waals surface area contributed by atoms with Crippen LogP contribution in [0.1, 0.15) is 30.0 Å². The van der Waals surface area contributed by atoms with E-state index in [9.17, 15) is 0 Å². The molecule has 0 aromatic carbocycles. The molecule has 2 aromatic heterocycles. The predicted molar refractivity (Wildman–Crippen MR) is 97.4 cm³/mol. The van der Waals surface area contributed by atoms with Gasteiger partial charge in [0.05, 0.1) is 24.9 Å². The van der Waals surface area contributed by atoms with Crippen LogP contribution in [0.2, 0.25) is 0 Å². The number of aryl methyl sites for hydroxylation is 3. The van der Waals surface area contributed by atoms with Crippen LogP contribution in [0.5, 0.6) is 0 Å². The lowest BCUT2D eigenvalue weighted by Crippen LogP contribution is -2.49. The van der Waals surface area contributed by atoms with Crippen molar-refractivity contribution < 1.29 is 4.74 Å². The van der Waals surface area contributed by atoms with Crippen LogP contribution >= 0.6 is 0 Å². The van der Waals surface area contributed by atoms with Crippen molar-refractivity contribution in [2.24, 2.45) is 0 Å². The first-order chi connectivity index (χ1) is 12.1. The maximum Gasteiger partial charge on any atom is 0.227 e. The maximum atomic E-state index is 5.45. The Hall–Kier alpha value is -2.15. The van der Waals surface area contributed by atoms with Crippen molar-refractivity contribution in [2.75, 3.05) is 49.2 Å². The summed E-state index contributed by atoms with van der Waals surface area (Å²) in [5.41, 5.74) is 3.41. The first kappa shape index (κ1) is 16.3. The zero-order valence-electron chi connectivity index (χ0n) is 15.3. The van der Waals surface area contributed by atoms with Crippen LogP contribution in [-0.2, 0) is 11.2 Å². The van der Waals surface area contributed by atoms with Crippen molar-refractivity contribution >= 4 is 11.8 Å². The summed E-state index contributed by atoms with van der Waals surface area (Å²) >= 11 is 0. The standard InChI is InChI=1S/C18H26N6O/c1-4-15-10-17(20-18(19-15)22-5-7-25-8-6-22)23-11-16(12-23)24-14(3)9-13(2)21-24/h9-10,16H,4-8,11-12H2,1-3H3. The average molecular weight is 342 g/mol. The average Bonchev–Trinajstić information content (AvgIpc) is 2.92. The van der Waals surface area contributed by atoms with Crippen molar-refractivity contribution in [2.45, 2.75) is 33.2 Å². The lowest BCUT2D eigenvalue weighted by atomic mass is 10.1. The highest BCUT2D eigenvalue weighted by atomic mass is 16.5. The van der Waals surface area contributed by atoms with Crippen LogP contribution < -0.4 is 9.80 Å². The van der Waals surface area contributed by atoms with Crippen LogP contribution in [0, 0.1) is 13.8 Å². The van der Waals surface area contributed by atoms with E-state index in [-0.39, 0.29) is 0 Å². The Kier molecular flexibility index (Phi) is 4.33. The molecule has 7 heteroatoms. The highest BCUT2D eigenvalue weighted by Crippen LogP contribution is 2.29. The van der Waals surface area contributed by atoms with Crippen LogP contribution in [0.25, 0.3) is 0 Å². The number of hydrogen-bond acceptors (Lipinski definition) is 6. The maximum absolute atomic E-state index is 5.45. The number of hydrogen-bond donors (Lipinski definition) is 0. The van der Waals surface area contributed by atoms with Crippen molar-refractivity contribution in [3.8, 4) is 0 Å². The largest absolute Gasteiger partial charge is 0.378 e. The molecule has 134 valence electrons. The summed E-state index contributed by atoms with van der Waals surface area (Å²) in [6.45, 7) is 11.4. The van der Waals surface area contributed by atoms with Gasteiger partial charge < -0.3 is 14.5 Å². The first-order valence-electron chi connectivity index (χ1n) is 9.12. The molecule has 7 nitrogen and oxygen atoms in total. The molecule has 2 saturated heterocycles. The van der Waals surface area contributed by atoms with E-state index in [1.807, 2.05) is 6.92 Å². The summed E-state index contributed by atoms with van der Waals surface area (Å²) < 4.78 is 7.60. The molecule has 2 aromatic rings. The van der Waals surface area contributed by atoms with Crippen LogP contribution in [-0.4, -0.2) is 59.1 Å². The van der Waals surface area contributed by atoms with E-state index >= 15 is 0 Å². The molecule has 4 heterocycles. The third kappa shape index (κ3) is 3.20. The molecule has 2 aliphatic rings. The van der Waals surface area contributed by atoms with Gasteiger partial charge in [0.2, 0.25) is 5.95 Å². The molecule has 0 atom stereocenters. The van der Waals surface area contributed by atoms with Crippen molar-refractivity contribution in [1.82, 2.24) is 19.7 Å². The molecule has 0 radical (unpaired) electrons. The summed E-state index contributed by atoms with van der Waals surface area (Å²) in [5, 5.41) is 4.62. The van der Waals surface area contributed by atoms with Gasteiger partial charge in [-0.15, -0.1) is 0 Å². The Labute approximate surface area is 148 Å². The molecular weight excluding hydrogens is 316 g/mol. The third-order valence-electron chi connectivity index (χ3n) is 4.99. The molecule has 0 N–H and O–H groups in total. The number of nitrogens with zero attached hydrogens (tertiary/aromatic N) is 6. The number of rotatable bonds is 4. The van der Waals surface area contributed by atoms with E-state index in [0.29, 0.717) is 6.04 Å². The lowest BCUT2D eigenvalue weighted by Gasteiger charge is -2.41. The van der Waals surface area contributed by atoms with E-state index in [2.05, 4.69) is 45.6 Å². The SMILES string of the molecule is CCc1cc(N2CC(n3nc(C)cc3C)C2)nc(N2CCOCC2)n1. The number of aromatic nitrogens is 4. The van der Waals surface area contributed by atoms with Gasteiger partial charge in [0.15, 0.2) is 0 Å². The van der Waals surface area contributed by atoms with Crippen LogP contribution in [0.15, 0.2) is 12.1 Å². The molecule has 4 rings (SSSR count). The monoisotopic (exact) mass is 342 g/mol. The highest BCUT2D eigenvalue weighted by molar-refractivity contribution is 5.48. The van der Waals surface area contributed by atoms with Gasteiger partial charge in [-0.3, -0.25) is 4.68 Å². The molecular formula is C18H26N6O. The molecule has 0 unspecified atom stereocenters. The molecule has 0 bridgehead atoms. The van der Waals surface area contributed by atoms with Gasteiger partial charge in [-0.25, -0.2) is 4.98 Å². The second kappa shape index (κ2) is 6.63. The Morgan fingerprint density at radius 1 is 1.08 bits per heavy atom. The van der Waals surface area contributed by atoms with Crippen molar-refractivity contribution in [1.29, 1.82) is 0 Å². The van der Waals surface area contributed by atoms with E-state index in [4.69, 9.17) is 14.7 Å². The van der Waals surface area contributed by atoms with E-state index < -0.39 is 0 Å². The summed E-state index contributed by atoms with van der Waals surface area (Å²) in [7, 11) is 0. The van der Waals surface area contributed by atoms with Gasteiger partial charge >= 0.3 is 0 Å². The fraction of sp³-hybridized carbons (Fsp3) is 0.611. The van der Waals surface area contributed by atoms with Gasteiger partial charge in [0, 0.05) is 43.6 Å². The summed E-state index contributed by atoms with van der Waals surface area (Å²) in [5.74, 6) is 1.87. The smallest absolute Gasteiger partial charge is 0.227 e. The summed E-state index contributed by atoms with van der Waals surface area (Å²) in [6.07, 6.45) is 0.918. The minimum atomic E-state index is 0.431. The van der Waals surface area contributed by atoms with E-state index in [1.165, 1.54) is 5.69 Å². The van der Waals surface area contributed by atoms with Gasteiger partial charge in [0.25, 0.3) is 0 Å². The Morgan fingerprint density at radius 3 is 2.48 bits per heavy atom. The second-order valence-corrected chi connectivity index (χ2v) is 6.90.